The van der Waals surface area contributed by atoms with Gasteiger partial charge in [0.05, 0.1) is 12.0 Å². The van der Waals surface area contributed by atoms with Gasteiger partial charge in [0.25, 0.3) is 0 Å². The van der Waals surface area contributed by atoms with Crippen LogP contribution in [0.25, 0.3) is 0 Å². The van der Waals surface area contributed by atoms with Crippen LogP contribution in [-0.4, -0.2) is 28.1 Å². The second kappa shape index (κ2) is 8.57. The minimum atomic E-state index is -0.981. The van der Waals surface area contributed by atoms with Gasteiger partial charge in [0.1, 0.15) is 0 Å². The summed E-state index contributed by atoms with van der Waals surface area (Å²) in [6, 6.07) is 0. The summed E-state index contributed by atoms with van der Waals surface area (Å²) in [5.41, 5.74) is 4.10. The fourth-order valence-electron chi connectivity index (χ4n) is 9.59. The quantitative estimate of drug-likeness (QED) is 0.315. The number of rotatable bonds is 6. The number of Topliss-reactive ketones (excluding diaryl/α,β-unsaturated/α-hetero) is 1. The van der Waals surface area contributed by atoms with Crippen molar-refractivity contribution < 1.29 is 19.8 Å². The second-order valence-corrected chi connectivity index (χ2v) is 13.9. The topological polar surface area (TPSA) is 74.6 Å². The fraction of sp³-hybridized carbons (Fsp3) is 0.806. The first kappa shape index (κ1) is 26.6. The lowest BCUT2D eigenvalue weighted by molar-refractivity contribution is -0.140. The summed E-state index contributed by atoms with van der Waals surface area (Å²) in [4.78, 5) is 24.3. The average molecular weight is 485 g/mol. The maximum atomic E-state index is 12.9. The minimum Gasteiger partial charge on any atom is -0.481 e. The number of allylic oxidation sites excluding steroid dienone is 2. The number of carboxylic acid groups (broad SMARTS) is 1. The molecule has 0 aromatic carbocycles. The number of aliphatic hydroxyl groups is 1. The van der Waals surface area contributed by atoms with Gasteiger partial charge in [-0.25, -0.2) is 0 Å². The Morgan fingerprint density at radius 3 is 2.26 bits per heavy atom. The van der Waals surface area contributed by atoms with Crippen LogP contribution in [0.5, 0.6) is 0 Å². The van der Waals surface area contributed by atoms with Crippen LogP contribution in [0.1, 0.15) is 106 Å². The molecule has 4 aliphatic carbocycles. The first-order valence-corrected chi connectivity index (χ1v) is 14.0. The number of aliphatic carboxylic acids is 1. The molecule has 0 heterocycles. The van der Waals surface area contributed by atoms with E-state index in [0.29, 0.717) is 18.3 Å². The summed E-state index contributed by atoms with van der Waals surface area (Å²) < 4.78 is 0. The van der Waals surface area contributed by atoms with Crippen molar-refractivity contribution in [2.24, 2.45) is 45.3 Å². The highest BCUT2D eigenvalue weighted by molar-refractivity contribution is 5.99. The molecule has 0 amide bonds. The molecule has 2 fully saturated rings. The molecular formula is C31H48O4. The zero-order valence-corrected chi connectivity index (χ0v) is 23.2. The Balaban J connectivity index is 1.61. The molecule has 0 aliphatic heterocycles. The molecule has 2 N–H and O–H groups in total. The molecule has 0 radical (unpaired) electrons. The molecule has 0 aromatic heterocycles. The zero-order valence-electron chi connectivity index (χ0n) is 23.2. The van der Waals surface area contributed by atoms with Crippen molar-refractivity contribution in [3.8, 4) is 0 Å². The normalized spacial score (nSPS) is 41.9. The first-order chi connectivity index (χ1) is 16.1. The van der Waals surface area contributed by atoms with E-state index in [0.717, 1.165) is 44.9 Å². The van der Waals surface area contributed by atoms with E-state index in [1.807, 2.05) is 0 Å². The van der Waals surface area contributed by atoms with Crippen molar-refractivity contribution >= 4 is 11.8 Å². The highest BCUT2D eigenvalue weighted by atomic mass is 16.4. The van der Waals surface area contributed by atoms with Crippen LogP contribution in [0.3, 0.4) is 0 Å². The zero-order chi connectivity index (χ0) is 26.1. The third-order valence-corrected chi connectivity index (χ3v) is 12.2. The molecule has 196 valence electrons. The maximum absolute atomic E-state index is 12.9. The van der Waals surface area contributed by atoms with E-state index in [-0.39, 0.29) is 45.0 Å². The number of fused-ring (bicyclic) bond motifs is 4. The molecule has 8 atom stereocenters. The lowest BCUT2D eigenvalue weighted by atomic mass is 9.43. The van der Waals surface area contributed by atoms with Crippen LogP contribution < -0.4 is 0 Å². The molecule has 4 nitrogen and oxygen atoms in total. The van der Waals surface area contributed by atoms with Gasteiger partial charge in [0, 0.05) is 12.0 Å². The number of hydrogen-bond donors (Lipinski definition) is 2. The largest absolute Gasteiger partial charge is 0.481 e. The molecular weight excluding hydrogens is 436 g/mol. The molecule has 8 unspecified atom stereocenters. The predicted molar refractivity (Wildman–Crippen MR) is 140 cm³/mol. The number of carbonyl (C=O) groups excluding carboxylic acids is 1. The molecule has 2 saturated carbocycles. The van der Waals surface area contributed by atoms with Gasteiger partial charge < -0.3 is 10.2 Å². The lowest BCUT2D eigenvalue weighted by Crippen LogP contribution is -2.55. The number of hydrogen-bond acceptors (Lipinski definition) is 3. The number of aliphatic hydroxyl groups excluding tert-OH is 1. The van der Waals surface area contributed by atoms with Crippen LogP contribution in [-0.2, 0) is 9.59 Å². The molecule has 0 bridgehead atoms. The van der Waals surface area contributed by atoms with E-state index in [1.54, 1.807) is 18.1 Å². The van der Waals surface area contributed by atoms with Crippen LogP contribution >= 0.6 is 0 Å². The van der Waals surface area contributed by atoms with Gasteiger partial charge in [-0.1, -0.05) is 59.3 Å². The Hall–Kier alpha value is -1.42. The summed E-state index contributed by atoms with van der Waals surface area (Å²) in [5, 5.41) is 20.1. The fourth-order valence-corrected chi connectivity index (χ4v) is 9.59. The Kier molecular flexibility index (Phi) is 6.52. The molecule has 0 aromatic rings. The van der Waals surface area contributed by atoms with Crippen molar-refractivity contribution in [3.05, 3.63) is 23.3 Å². The second-order valence-electron chi connectivity index (χ2n) is 13.9. The van der Waals surface area contributed by atoms with Crippen LogP contribution in [0.15, 0.2) is 23.3 Å². The van der Waals surface area contributed by atoms with E-state index in [2.05, 4.69) is 48.1 Å². The van der Waals surface area contributed by atoms with Crippen LogP contribution in [0.4, 0.5) is 0 Å². The van der Waals surface area contributed by atoms with Crippen molar-refractivity contribution in [3.63, 3.8) is 0 Å². The van der Waals surface area contributed by atoms with E-state index in [1.165, 1.54) is 6.42 Å². The van der Waals surface area contributed by atoms with Gasteiger partial charge in [-0.2, -0.15) is 0 Å². The predicted octanol–water partition coefficient (Wildman–Crippen LogP) is 6.97. The average Bonchev–Trinajstić information content (AvgIpc) is 3.07. The van der Waals surface area contributed by atoms with E-state index in [9.17, 15) is 19.8 Å². The van der Waals surface area contributed by atoms with Crippen LogP contribution in [0.2, 0.25) is 0 Å². The van der Waals surface area contributed by atoms with E-state index in [4.69, 9.17) is 0 Å². The monoisotopic (exact) mass is 484 g/mol. The van der Waals surface area contributed by atoms with Crippen molar-refractivity contribution in [1.29, 1.82) is 0 Å². The summed E-state index contributed by atoms with van der Waals surface area (Å²) in [6.45, 7) is 19.6. The Bertz CT molecular complexity index is 959. The minimum absolute atomic E-state index is 0.0459. The van der Waals surface area contributed by atoms with Gasteiger partial charge in [-0.05, 0) is 97.7 Å². The Labute approximate surface area is 212 Å². The maximum Gasteiger partial charge on any atom is 0.310 e. The molecule has 4 rings (SSSR count). The lowest BCUT2D eigenvalue weighted by Gasteiger charge is -2.62. The smallest absolute Gasteiger partial charge is 0.310 e. The highest BCUT2D eigenvalue weighted by Crippen LogP contribution is 2.72. The van der Waals surface area contributed by atoms with Gasteiger partial charge in [0.2, 0.25) is 0 Å². The standard InChI is InChI=1S/C31H48O4/c1-18(17-24(32)19(2)20(3)27(34)35)21-11-15-31(8)23-9-10-25-28(4,5)26(33)13-14-29(25,6)22(23)12-16-30(21,31)7/h18,20-21,25-26,33H,2,9-17H2,1,3-8H3,(H,34,35). The summed E-state index contributed by atoms with van der Waals surface area (Å²) in [6.07, 6.45) is 9.07. The van der Waals surface area contributed by atoms with Gasteiger partial charge in [-0.15, -0.1) is 0 Å². The summed E-state index contributed by atoms with van der Waals surface area (Å²) in [5.74, 6) is -0.697. The van der Waals surface area contributed by atoms with E-state index >= 15 is 0 Å². The highest BCUT2D eigenvalue weighted by Gasteiger charge is 2.63. The number of ketones is 1. The molecule has 4 heteroatoms. The molecule has 4 aliphatic rings. The molecule has 35 heavy (non-hydrogen) atoms. The molecule has 0 saturated heterocycles. The Morgan fingerprint density at radius 2 is 1.63 bits per heavy atom. The summed E-state index contributed by atoms with van der Waals surface area (Å²) in [7, 11) is 0. The third-order valence-electron chi connectivity index (χ3n) is 12.2. The van der Waals surface area contributed by atoms with Gasteiger partial charge in [-0.3, -0.25) is 9.59 Å². The number of carboxylic acids is 1. The SMILES string of the molecule is C=C(C(=O)CC(C)C1CCC2(C)C3=C(CCC12C)C1(C)CCC(O)C(C)(C)C1CC3)C(C)C(=O)O. The van der Waals surface area contributed by atoms with Crippen LogP contribution in [0, 0.1) is 45.3 Å². The van der Waals surface area contributed by atoms with Gasteiger partial charge in [0.15, 0.2) is 5.78 Å². The summed E-state index contributed by atoms with van der Waals surface area (Å²) >= 11 is 0. The first-order valence-electron chi connectivity index (χ1n) is 14.0. The molecule has 0 spiro atoms. The van der Waals surface area contributed by atoms with Gasteiger partial charge >= 0.3 is 5.97 Å². The number of carbonyl (C=O) groups is 2. The Morgan fingerprint density at radius 1 is 0.971 bits per heavy atom. The van der Waals surface area contributed by atoms with Crippen molar-refractivity contribution in [1.82, 2.24) is 0 Å². The van der Waals surface area contributed by atoms with Crippen molar-refractivity contribution in [2.75, 3.05) is 0 Å². The van der Waals surface area contributed by atoms with Crippen molar-refractivity contribution in [2.45, 2.75) is 112 Å². The third kappa shape index (κ3) is 3.71. The van der Waals surface area contributed by atoms with E-state index < -0.39 is 11.9 Å².